The predicted octanol–water partition coefficient (Wildman–Crippen LogP) is 4.11. The first kappa shape index (κ1) is 16.9. The molecule has 2 aromatic heterocycles. The standard InChI is InChI=1S/C15H13ClN4O2S2/c1-3-22-8-4-5-10-11(6-8)24-15(18-10)20-13(21)12-9(16)7-17-14(19-12)23-2/h4-7H,3H2,1-2H3,(H,18,20,21). The maximum absolute atomic E-state index is 12.4. The molecule has 0 radical (unpaired) electrons. The number of thiazole rings is 1. The second-order valence-corrected chi connectivity index (χ2v) is 6.80. The Morgan fingerprint density at radius 3 is 3.00 bits per heavy atom. The number of carbonyl (C=O) groups excluding carboxylic acids is 1. The third-order valence-electron chi connectivity index (χ3n) is 3.01. The van der Waals surface area contributed by atoms with Crippen molar-refractivity contribution in [3.63, 3.8) is 0 Å². The summed E-state index contributed by atoms with van der Waals surface area (Å²) in [4.78, 5) is 25.0. The van der Waals surface area contributed by atoms with Gasteiger partial charge in [0.15, 0.2) is 16.0 Å². The smallest absolute Gasteiger partial charge is 0.277 e. The molecule has 2 heterocycles. The van der Waals surface area contributed by atoms with Crippen molar-refractivity contribution in [2.24, 2.45) is 0 Å². The Kier molecular flexibility index (Phi) is 5.17. The van der Waals surface area contributed by atoms with Gasteiger partial charge in [0.05, 0.1) is 28.0 Å². The van der Waals surface area contributed by atoms with Gasteiger partial charge in [-0.2, -0.15) is 0 Å². The van der Waals surface area contributed by atoms with Crippen LogP contribution < -0.4 is 10.1 Å². The largest absolute Gasteiger partial charge is 0.494 e. The van der Waals surface area contributed by atoms with Gasteiger partial charge >= 0.3 is 0 Å². The van der Waals surface area contributed by atoms with E-state index in [1.54, 1.807) is 0 Å². The van der Waals surface area contributed by atoms with Gasteiger partial charge in [-0.1, -0.05) is 34.7 Å². The summed E-state index contributed by atoms with van der Waals surface area (Å²) in [5.74, 6) is 0.358. The third kappa shape index (κ3) is 3.61. The fraction of sp³-hybridized carbons (Fsp3) is 0.200. The highest BCUT2D eigenvalue weighted by molar-refractivity contribution is 7.98. The van der Waals surface area contributed by atoms with Crippen molar-refractivity contribution in [3.05, 3.63) is 35.1 Å². The Labute approximate surface area is 151 Å². The van der Waals surface area contributed by atoms with Gasteiger partial charge in [-0.15, -0.1) is 0 Å². The highest BCUT2D eigenvalue weighted by Gasteiger charge is 2.16. The van der Waals surface area contributed by atoms with Crippen LogP contribution in [0.2, 0.25) is 5.02 Å². The van der Waals surface area contributed by atoms with E-state index in [1.807, 2.05) is 31.4 Å². The molecule has 9 heteroatoms. The number of ether oxygens (including phenoxy) is 1. The topological polar surface area (TPSA) is 77.0 Å². The summed E-state index contributed by atoms with van der Waals surface area (Å²) in [5.41, 5.74) is 0.919. The summed E-state index contributed by atoms with van der Waals surface area (Å²) in [6.07, 6.45) is 3.25. The van der Waals surface area contributed by atoms with Crippen molar-refractivity contribution in [2.75, 3.05) is 18.2 Å². The number of nitrogens with one attached hydrogen (secondary N) is 1. The zero-order valence-corrected chi connectivity index (χ0v) is 15.3. The zero-order valence-electron chi connectivity index (χ0n) is 12.9. The molecule has 3 rings (SSSR count). The van der Waals surface area contributed by atoms with Crippen LogP contribution in [0.1, 0.15) is 17.4 Å². The normalized spacial score (nSPS) is 10.8. The van der Waals surface area contributed by atoms with E-state index in [0.717, 1.165) is 16.0 Å². The number of nitrogens with zero attached hydrogens (tertiary/aromatic N) is 3. The van der Waals surface area contributed by atoms with Crippen LogP contribution in [0, 0.1) is 0 Å². The molecule has 1 aromatic carbocycles. The summed E-state index contributed by atoms with van der Waals surface area (Å²) >= 11 is 8.72. The van der Waals surface area contributed by atoms with Crippen molar-refractivity contribution in [3.8, 4) is 5.75 Å². The first-order valence-corrected chi connectivity index (χ1v) is 9.44. The third-order valence-corrected chi connectivity index (χ3v) is 4.78. The van der Waals surface area contributed by atoms with Gasteiger partial charge in [0.2, 0.25) is 0 Å². The lowest BCUT2D eigenvalue weighted by atomic mass is 10.3. The number of halogens is 1. The summed E-state index contributed by atoms with van der Waals surface area (Å²) < 4.78 is 6.40. The number of hydrogen-bond acceptors (Lipinski definition) is 7. The maximum Gasteiger partial charge on any atom is 0.277 e. The monoisotopic (exact) mass is 380 g/mol. The second-order valence-electron chi connectivity index (χ2n) is 4.59. The van der Waals surface area contributed by atoms with E-state index >= 15 is 0 Å². The zero-order chi connectivity index (χ0) is 17.1. The summed E-state index contributed by atoms with van der Waals surface area (Å²) in [7, 11) is 0. The van der Waals surface area contributed by atoms with E-state index in [2.05, 4.69) is 20.3 Å². The lowest BCUT2D eigenvalue weighted by Gasteiger charge is -2.04. The summed E-state index contributed by atoms with van der Waals surface area (Å²) in [5, 5.41) is 3.89. The molecule has 0 unspecified atom stereocenters. The summed E-state index contributed by atoms with van der Waals surface area (Å²) in [6.45, 7) is 2.52. The Bertz CT molecular complexity index is 900. The molecular weight excluding hydrogens is 368 g/mol. The molecule has 1 amide bonds. The highest BCUT2D eigenvalue weighted by Crippen LogP contribution is 2.30. The molecule has 0 atom stereocenters. The number of amides is 1. The van der Waals surface area contributed by atoms with Crippen LogP contribution in [0.25, 0.3) is 10.2 Å². The summed E-state index contributed by atoms with van der Waals surface area (Å²) in [6, 6.07) is 5.61. The molecule has 124 valence electrons. The van der Waals surface area contributed by atoms with Gasteiger partial charge in [0.1, 0.15) is 5.75 Å². The number of hydrogen-bond donors (Lipinski definition) is 1. The molecule has 0 saturated heterocycles. The van der Waals surface area contributed by atoms with Crippen LogP contribution in [-0.2, 0) is 0 Å². The number of benzene rings is 1. The molecule has 0 aliphatic heterocycles. The van der Waals surface area contributed by atoms with Crippen molar-refractivity contribution in [1.82, 2.24) is 15.0 Å². The maximum atomic E-state index is 12.4. The molecule has 6 nitrogen and oxygen atoms in total. The van der Waals surface area contributed by atoms with Crippen molar-refractivity contribution >= 4 is 56.0 Å². The molecule has 0 bridgehead atoms. The molecule has 0 spiro atoms. The first-order valence-electron chi connectivity index (χ1n) is 7.02. The van der Waals surface area contributed by atoms with Gasteiger partial charge in [-0.25, -0.2) is 15.0 Å². The molecule has 0 saturated carbocycles. The van der Waals surface area contributed by atoms with Crippen LogP contribution in [0.15, 0.2) is 29.6 Å². The van der Waals surface area contributed by atoms with Crippen LogP contribution >= 0.6 is 34.7 Å². The van der Waals surface area contributed by atoms with Gasteiger partial charge in [0, 0.05) is 0 Å². The van der Waals surface area contributed by atoms with Gasteiger partial charge in [-0.3, -0.25) is 10.1 Å². The SMILES string of the molecule is CCOc1ccc2nc(NC(=O)c3nc(SC)ncc3Cl)sc2c1. The van der Waals surface area contributed by atoms with Crippen LogP contribution in [0.3, 0.4) is 0 Å². The number of anilines is 1. The average molecular weight is 381 g/mol. The van der Waals surface area contributed by atoms with Crippen molar-refractivity contribution < 1.29 is 9.53 Å². The quantitative estimate of drug-likeness (QED) is 0.530. The molecule has 1 N–H and O–H groups in total. The lowest BCUT2D eigenvalue weighted by Crippen LogP contribution is -2.15. The second kappa shape index (κ2) is 7.33. The predicted molar refractivity (Wildman–Crippen MR) is 97.6 cm³/mol. The minimum absolute atomic E-state index is 0.130. The fourth-order valence-corrected chi connectivity index (χ4v) is 3.39. The van der Waals surface area contributed by atoms with E-state index in [1.165, 1.54) is 29.3 Å². The number of thioether (sulfide) groups is 1. The van der Waals surface area contributed by atoms with E-state index in [-0.39, 0.29) is 10.7 Å². The average Bonchev–Trinajstić information content (AvgIpc) is 2.97. The van der Waals surface area contributed by atoms with E-state index in [4.69, 9.17) is 16.3 Å². The van der Waals surface area contributed by atoms with E-state index < -0.39 is 5.91 Å². The number of rotatable bonds is 5. The highest BCUT2D eigenvalue weighted by atomic mass is 35.5. The molecule has 0 aliphatic rings. The van der Waals surface area contributed by atoms with Crippen LogP contribution in [0.4, 0.5) is 5.13 Å². The van der Waals surface area contributed by atoms with Gasteiger partial charge < -0.3 is 4.74 Å². The number of aromatic nitrogens is 3. The van der Waals surface area contributed by atoms with E-state index in [0.29, 0.717) is 16.9 Å². The minimum atomic E-state index is -0.415. The Morgan fingerprint density at radius 1 is 1.42 bits per heavy atom. The Hall–Kier alpha value is -1.90. The minimum Gasteiger partial charge on any atom is -0.494 e. The first-order chi connectivity index (χ1) is 11.6. The Morgan fingerprint density at radius 2 is 2.25 bits per heavy atom. The number of fused-ring (bicyclic) bond motifs is 1. The van der Waals surface area contributed by atoms with Crippen molar-refractivity contribution in [2.45, 2.75) is 12.1 Å². The van der Waals surface area contributed by atoms with Crippen LogP contribution in [0.5, 0.6) is 5.75 Å². The van der Waals surface area contributed by atoms with E-state index in [9.17, 15) is 4.79 Å². The molecule has 3 aromatic rings. The van der Waals surface area contributed by atoms with Crippen LogP contribution in [-0.4, -0.2) is 33.7 Å². The van der Waals surface area contributed by atoms with Crippen molar-refractivity contribution in [1.29, 1.82) is 0 Å². The Balaban J connectivity index is 1.85. The van der Waals surface area contributed by atoms with Gasteiger partial charge in [-0.05, 0) is 31.4 Å². The lowest BCUT2D eigenvalue weighted by molar-refractivity contribution is 0.102. The molecule has 0 aliphatic carbocycles. The molecule has 24 heavy (non-hydrogen) atoms. The number of carbonyl (C=O) groups is 1. The van der Waals surface area contributed by atoms with Gasteiger partial charge in [0.25, 0.3) is 5.91 Å². The fourth-order valence-electron chi connectivity index (χ4n) is 1.98. The molecule has 0 fully saturated rings. The molecular formula is C15H13ClN4O2S2.